The Bertz CT molecular complexity index is 6080. The normalized spacial score (nSPS) is 13.1. The summed E-state index contributed by atoms with van der Waals surface area (Å²) in [5.74, 6) is 0. The van der Waals surface area contributed by atoms with Gasteiger partial charge < -0.3 is 14.4 Å². The minimum atomic E-state index is -3.26. The molecule has 15 aromatic carbocycles. The van der Waals surface area contributed by atoms with Gasteiger partial charge in [-0.15, -0.1) is 0 Å². The predicted molar refractivity (Wildman–Crippen MR) is 499 cm³/mol. The van der Waals surface area contributed by atoms with Gasteiger partial charge in [0.25, 0.3) is 6.71 Å². The van der Waals surface area contributed by atoms with Gasteiger partial charge in [0.2, 0.25) is 0 Å². The quantitative estimate of drug-likeness (QED) is 0.0892. The van der Waals surface area contributed by atoms with Crippen LogP contribution in [0.2, 0.25) is 0 Å². The summed E-state index contributed by atoms with van der Waals surface area (Å²) < 4.78 is 2.58. The molecule has 3 nitrogen and oxygen atoms in total. The first-order chi connectivity index (χ1) is 55.2. The molecule has 0 fully saturated rings. The van der Waals surface area contributed by atoms with Crippen LogP contribution in [-0.2, 0) is 27.1 Å². The van der Waals surface area contributed by atoms with E-state index in [4.69, 9.17) is 0 Å². The van der Waals surface area contributed by atoms with Gasteiger partial charge in [0.15, 0.2) is 8.07 Å². The van der Waals surface area contributed by atoms with Gasteiger partial charge in [-0.05, 0) is 204 Å². The van der Waals surface area contributed by atoms with Crippen molar-refractivity contribution in [2.45, 2.75) is 131 Å². The fourth-order valence-corrected chi connectivity index (χ4v) is 23.2. The number of hydrogen-bond donors (Lipinski definition) is 0. The van der Waals surface area contributed by atoms with E-state index in [9.17, 15) is 0 Å². The number of benzene rings is 15. The highest BCUT2D eigenvalue weighted by Crippen LogP contribution is 2.56. The van der Waals surface area contributed by atoms with Crippen LogP contribution in [0.25, 0.3) is 83.1 Å². The summed E-state index contributed by atoms with van der Waals surface area (Å²) in [6.45, 7) is 35.0. The largest absolute Gasteiger partial charge is 0.310 e. The molecule has 564 valence electrons. The molecule has 0 radical (unpaired) electrons. The second-order valence-electron chi connectivity index (χ2n) is 37.3. The Hall–Kier alpha value is -12.0. The number of aromatic nitrogens is 1. The molecule has 5 heteroatoms. The Morgan fingerprint density at radius 1 is 0.235 bits per heavy atom. The molecule has 0 saturated carbocycles. The Morgan fingerprint density at radius 2 is 0.557 bits per heavy atom. The van der Waals surface area contributed by atoms with Gasteiger partial charge in [0.1, 0.15) is 0 Å². The highest BCUT2D eigenvalue weighted by molar-refractivity contribution is 7.20. The van der Waals surface area contributed by atoms with Gasteiger partial charge in [-0.3, -0.25) is 0 Å². The number of anilines is 6. The van der Waals surface area contributed by atoms with E-state index in [1.807, 2.05) is 0 Å². The zero-order valence-corrected chi connectivity index (χ0v) is 70.3. The molecule has 0 atom stereocenters. The molecule has 0 amide bonds. The van der Waals surface area contributed by atoms with Crippen molar-refractivity contribution in [1.82, 2.24) is 4.57 Å². The minimum absolute atomic E-state index is 0.0746. The van der Waals surface area contributed by atoms with E-state index in [1.165, 1.54) is 86.8 Å². The van der Waals surface area contributed by atoms with Gasteiger partial charge in [0.05, 0.1) is 22.4 Å². The summed E-state index contributed by atoms with van der Waals surface area (Å²) in [5.41, 5.74) is 31.2. The summed E-state index contributed by atoms with van der Waals surface area (Å²) >= 11 is 0. The highest BCUT2D eigenvalue weighted by Gasteiger charge is 2.49. The molecule has 115 heavy (non-hydrogen) atoms. The maximum absolute atomic E-state index is 3.26. The van der Waals surface area contributed by atoms with Gasteiger partial charge in [-0.2, -0.15) is 0 Å². The van der Waals surface area contributed by atoms with E-state index in [-0.39, 0.29) is 33.8 Å². The summed E-state index contributed by atoms with van der Waals surface area (Å²) in [5, 5.41) is 7.79. The molecule has 2 aliphatic rings. The number of rotatable bonds is 12. The monoisotopic (exact) mass is 1500 g/mol. The van der Waals surface area contributed by atoms with Crippen LogP contribution < -0.4 is 46.9 Å². The van der Waals surface area contributed by atoms with Crippen LogP contribution in [0.1, 0.15) is 132 Å². The van der Waals surface area contributed by atoms with Crippen LogP contribution in [0.5, 0.6) is 0 Å². The van der Waals surface area contributed by atoms with Crippen molar-refractivity contribution in [3.63, 3.8) is 0 Å². The Balaban J connectivity index is 1.06. The fourth-order valence-electron chi connectivity index (χ4n) is 18.4. The molecule has 1 aromatic heterocycles. The van der Waals surface area contributed by atoms with Crippen LogP contribution >= 0.6 is 0 Å². The molecule has 3 heterocycles. The lowest BCUT2D eigenvalue weighted by molar-refractivity contribution is 0.590. The van der Waals surface area contributed by atoms with E-state index in [0.29, 0.717) is 0 Å². The lowest BCUT2D eigenvalue weighted by Gasteiger charge is -2.47. The van der Waals surface area contributed by atoms with Crippen LogP contribution in [0.15, 0.2) is 346 Å². The number of fused-ring (bicyclic) bond motifs is 7. The molecular weight excluding hydrogens is 1400 g/mol. The topological polar surface area (TPSA) is 11.4 Å². The van der Waals surface area contributed by atoms with Crippen LogP contribution in [0.3, 0.4) is 0 Å². The second kappa shape index (κ2) is 28.2. The zero-order chi connectivity index (χ0) is 79.7. The van der Waals surface area contributed by atoms with Crippen LogP contribution in [0, 0.1) is 0 Å². The van der Waals surface area contributed by atoms with Crippen molar-refractivity contribution in [2.75, 3.05) is 9.80 Å². The number of hydrogen-bond acceptors (Lipinski definition) is 2. The van der Waals surface area contributed by atoms with Crippen molar-refractivity contribution in [3.8, 4) is 61.3 Å². The van der Waals surface area contributed by atoms with Gasteiger partial charge in [0, 0.05) is 61.5 Å². The van der Waals surface area contributed by atoms with Gasteiger partial charge in [-0.25, -0.2) is 0 Å². The van der Waals surface area contributed by atoms with Gasteiger partial charge >= 0.3 is 0 Å². The molecule has 0 spiro atoms. The molecular formula is C110H102BN3Si. The van der Waals surface area contributed by atoms with E-state index in [1.54, 1.807) is 0 Å². The third-order valence-corrected chi connectivity index (χ3v) is 29.5. The first kappa shape index (κ1) is 74.4. The lowest BCUT2D eigenvalue weighted by Crippen LogP contribution is -2.75. The molecule has 0 aliphatic carbocycles. The first-order valence-electron chi connectivity index (χ1n) is 41.2. The van der Waals surface area contributed by atoms with Crippen molar-refractivity contribution in [1.29, 1.82) is 0 Å². The smallest absolute Gasteiger partial charge is 0.252 e. The summed E-state index contributed by atoms with van der Waals surface area (Å²) in [6.07, 6.45) is 0. The molecule has 0 bridgehead atoms. The lowest BCUT2D eigenvalue weighted by atomic mass is 9.33. The number of nitrogens with zero attached hydrogens (tertiary/aromatic N) is 3. The Labute approximate surface area is 683 Å². The van der Waals surface area contributed by atoms with E-state index in [0.717, 1.165) is 95.4 Å². The molecule has 16 aromatic rings. The van der Waals surface area contributed by atoms with E-state index >= 15 is 0 Å². The molecule has 0 saturated heterocycles. The minimum Gasteiger partial charge on any atom is -0.310 e. The van der Waals surface area contributed by atoms with Crippen molar-refractivity contribution in [2.24, 2.45) is 0 Å². The van der Waals surface area contributed by atoms with Gasteiger partial charge in [-0.1, -0.05) is 371 Å². The average molecular weight is 1500 g/mol. The summed E-state index contributed by atoms with van der Waals surface area (Å²) in [6, 6.07) is 134. The molecule has 0 N–H and O–H groups in total. The fraction of sp³-hybridized carbons (Fsp3) is 0.182. The molecule has 18 rings (SSSR count). The maximum atomic E-state index is 2.78. The average Bonchev–Trinajstić information content (AvgIpc) is 0.785. The van der Waals surface area contributed by atoms with E-state index < -0.39 is 8.07 Å². The molecule has 2 aliphatic heterocycles. The Kier molecular flexibility index (Phi) is 18.3. The molecule has 0 unspecified atom stereocenters. The SMILES string of the molecule is CC(C)(C)c1ccc(-c2cc3c4c(c2)N(c2c(-c5ccccc5)cc(C(C)(C)C)cc2-c2ccccc2)c2cc([Si](c5ccccc5)(c5ccccc5)c5ccccc5)ccc2B4c2ccc(-n4c5ccc(C(C)(C)C)cc5c5cc(C(C)(C)C)ccc54)cc2N3c2c(-c3ccccc3)cc(C(C)(C)C)cc2-c2ccccc2)cc1. The van der Waals surface area contributed by atoms with Crippen LogP contribution in [-0.4, -0.2) is 19.4 Å². The predicted octanol–water partition coefficient (Wildman–Crippen LogP) is 25.1. The van der Waals surface area contributed by atoms with Crippen LogP contribution in [0.4, 0.5) is 34.1 Å². The van der Waals surface area contributed by atoms with E-state index in [2.05, 4.69) is 464 Å². The third kappa shape index (κ3) is 13.0. The summed E-state index contributed by atoms with van der Waals surface area (Å²) in [4.78, 5) is 5.54. The summed E-state index contributed by atoms with van der Waals surface area (Å²) in [7, 11) is -3.26. The first-order valence-corrected chi connectivity index (χ1v) is 43.2. The highest BCUT2D eigenvalue weighted by atomic mass is 28.3. The standard InChI is InChI=1S/C110H102BN3Si/c1-106(2,3)79-53-51-73(52-54-79)78-63-101-103-102(64-78)114(105-91(76-41-27-18-28-42-76)69-83(110(13,14)15)70-92(105)77-43-29-19-30-44-77)100-72-88(115(85-45-31-20-32-46-85,86-47-33-21-34-48-86)87-49-35-22-36-50-87)58-60-96(100)111(103)95-59-57-84(112-97-61-55-80(107(4,5)6)65-93(97)94-66-81(108(7,8)9)56-62-98(94)112)71-99(95)113(101)104-89(74-37-23-16-24-38-74)67-82(109(10,11)12)68-90(104)75-39-25-17-26-40-75/h16-72H,1-15H3. The Morgan fingerprint density at radius 3 is 0.904 bits per heavy atom. The maximum Gasteiger partial charge on any atom is 0.252 e. The van der Waals surface area contributed by atoms with Crippen molar-refractivity contribution in [3.05, 3.63) is 374 Å². The third-order valence-electron chi connectivity index (χ3n) is 24.7. The van der Waals surface area contributed by atoms with Crippen molar-refractivity contribution >= 4 is 108 Å². The second-order valence-corrected chi connectivity index (χ2v) is 41.1. The zero-order valence-electron chi connectivity index (χ0n) is 69.3. The van der Waals surface area contributed by atoms with Crippen molar-refractivity contribution < 1.29 is 0 Å².